The van der Waals surface area contributed by atoms with E-state index in [4.69, 9.17) is 11.6 Å². The van der Waals surface area contributed by atoms with Crippen LogP contribution < -0.4 is 4.72 Å². The van der Waals surface area contributed by atoms with Crippen LogP contribution in [0.4, 0.5) is 0 Å². The monoisotopic (exact) mass is 389 g/mol. The van der Waals surface area contributed by atoms with Crippen molar-refractivity contribution in [2.24, 2.45) is 7.05 Å². The van der Waals surface area contributed by atoms with Crippen LogP contribution in [0.2, 0.25) is 5.02 Å². The average Bonchev–Trinajstić information content (AvgIpc) is 2.97. The first-order valence-electron chi connectivity index (χ1n) is 7.70. The number of rotatable bonds is 4. The summed E-state index contributed by atoms with van der Waals surface area (Å²) in [6.45, 7) is 1.94. The molecule has 1 amide bonds. The van der Waals surface area contributed by atoms with Crippen LogP contribution >= 0.6 is 11.6 Å². The number of aromatic nitrogens is 2. The lowest BCUT2D eigenvalue weighted by Crippen LogP contribution is -2.30. The van der Waals surface area contributed by atoms with Crippen molar-refractivity contribution in [3.05, 3.63) is 71.0 Å². The molecule has 0 saturated carbocycles. The van der Waals surface area contributed by atoms with Crippen molar-refractivity contribution >= 4 is 27.5 Å². The maximum atomic E-state index is 12.4. The quantitative estimate of drug-likeness (QED) is 0.743. The van der Waals surface area contributed by atoms with Crippen LogP contribution in [-0.4, -0.2) is 23.9 Å². The predicted molar refractivity (Wildman–Crippen MR) is 99.5 cm³/mol. The van der Waals surface area contributed by atoms with Gasteiger partial charge in [0.1, 0.15) is 11.5 Å². The van der Waals surface area contributed by atoms with Crippen molar-refractivity contribution in [3.63, 3.8) is 0 Å². The summed E-state index contributed by atoms with van der Waals surface area (Å²) in [6, 6.07) is 13.2. The van der Waals surface area contributed by atoms with Gasteiger partial charge in [0.2, 0.25) is 0 Å². The van der Waals surface area contributed by atoms with Crippen LogP contribution in [0.15, 0.2) is 59.6 Å². The third-order valence-corrected chi connectivity index (χ3v) is 5.44. The number of benzene rings is 2. The number of hydrogen-bond donors (Lipinski definition) is 1. The molecule has 6 nitrogen and oxygen atoms in total. The molecule has 2 aromatic carbocycles. The molecular formula is C18H16ClN3O3S. The number of hydrogen-bond acceptors (Lipinski definition) is 4. The molecule has 0 aliphatic heterocycles. The van der Waals surface area contributed by atoms with Gasteiger partial charge in [-0.1, -0.05) is 35.9 Å². The number of imidazole rings is 1. The van der Waals surface area contributed by atoms with Crippen molar-refractivity contribution in [3.8, 4) is 11.4 Å². The summed E-state index contributed by atoms with van der Waals surface area (Å²) in [5.41, 5.74) is 1.89. The molecule has 134 valence electrons. The molecule has 0 atom stereocenters. The largest absolute Gasteiger partial charge is 0.333 e. The zero-order valence-corrected chi connectivity index (χ0v) is 15.7. The maximum Gasteiger partial charge on any atom is 0.285 e. The summed E-state index contributed by atoms with van der Waals surface area (Å²) >= 11 is 5.76. The molecule has 0 aliphatic rings. The fourth-order valence-corrected chi connectivity index (χ4v) is 3.58. The molecule has 26 heavy (non-hydrogen) atoms. The normalized spacial score (nSPS) is 11.3. The molecule has 8 heteroatoms. The van der Waals surface area contributed by atoms with Gasteiger partial charge < -0.3 is 4.57 Å². The lowest BCUT2D eigenvalue weighted by Gasteiger charge is -2.05. The van der Waals surface area contributed by atoms with Gasteiger partial charge in [0.05, 0.1) is 4.90 Å². The Balaban J connectivity index is 1.88. The molecule has 0 radical (unpaired) electrons. The van der Waals surface area contributed by atoms with Gasteiger partial charge in [-0.2, -0.15) is 0 Å². The second kappa shape index (κ2) is 6.93. The molecule has 3 aromatic rings. The van der Waals surface area contributed by atoms with Gasteiger partial charge >= 0.3 is 0 Å². The number of nitrogens with zero attached hydrogens (tertiary/aromatic N) is 2. The molecule has 0 spiro atoms. The van der Waals surface area contributed by atoms with Gasteiger partial charge in [0, 0.05) is 23.8 Å². The number of sulfonamides is 1. The standard InChI is InChI=1S/C18H16ClN3O3S/c1-12-5-3-4-6-15(12)17-20-16(11-22(17)2)18(23)21-26(24,25)14-9-7-13(19)8-10-14/h3-11H,1-2H3,(H,21,23). The summed E-state index contributed by atoms with van der Waals surface area (Å²) in [7, 11) is -2.26. The third-order valence-electron chi connectivity index (χ3n) is 3.85. The lowest BCUT2D eigenvalue weighted by atomic mass is 10.1. The highest BCUT2D eigenvalue weighted by Gasteiger charge is 2.21. The Morgan fingerprint density at radius 2 is 1.77 bits per heavy atom. The van der Waals surface area contributed by atoms with Crippen molar-refractivity contribution < 1.29 is 13.2 Å². The van der Waals surface area contributed by atoms with E-state index < -0.39 is 15.9 Å². The number of carbonyl (C=O) groups is 1. The Labute approximate surface area is 156 Å². The molecular weight excluding hydrogens is 374 g/mol. The van der Waals surface area contributed by atoms with Crippen LogP contribution in [0.25, 0.3) is 11.4 Å². The Bertz CT molecular complexity index is 1070. The third kappa shape index (κ3) is 3.63. The molecule has 0 fully saturated rings. The van der Waals surface area contributed by atoms with Gasteiger partial charge in [-0.15, -0.1) is 0 Å². The molecule has 0 aliphatic carbocycles. The van der Waals surface area contributed by atoms with Crippen molar-refractivity contribution in [1.82, 2.24) is 14.3 Å². The van der Waals surface area contributed by atoms with Crippen molar-refractivity contribution in [2.45, 2.75) is 11.8 Å². The topological polar surface area (TPSA) is 81.1 Å². The highest BCUT2D eigenvalue weighted by atomic mass is 35.5. The Hall–Kier alpha value is -2.64. The van der Waals surface area contributed by atoms with Crippen LogP contribution in [0, 0.1) is 6.92 Å². The van der Waals surface area contributed by atoms with E-state index in [-0.39, 0.29) is 10.6 Å². The van der Waals surface area contributed by atoms with Gasteiger partial charge in [-0.05, 0) is 36.8 Å². The molecule has 0 unspecified atom stereocenters. The number of nitrogens with one attached hydrogen (secondary N) is 1. The first-order chi connectivity index (χ1) is 12.3. The van der Waals surface area contributed by atoms with E-state index in [9.17, 15) is 13.2 Å². The van der Waals surface area contributed by atoms with Crippen molar-refractivity contribution in [1.29, 1.82) is 0 Å². The summed E-state index contributed by atoms with van der Waals surface area (Å²) in [6.07, 6.45) is 1.49. The fourth-order valence-electron chi connectivity index (χ4n) is 2.50. The molecule has 1 aromatic heterocycles. The van der Waals surface area contributed by atoms with Crippen LogP contribution in [0.3, 0.4) is 0 Å². The first-order valence-corrected chi connectivity index (χ1v) is 9.56. The van der Waals surface area contributed by atoms with E-state index in [0.29, 0.717) is 10.8 Å². The lowest BCUT2D eigenvalue weighted by molar-refractivity contribution is 0.0977. The second-order valence-electron chi connectivity index (χ2n) is 5.76. The zero-order chi connectivity index (χ0) is 18.9. The van der Waals surface area contributed by atoms with Crippen LogP contribution in [-0.2, 0) is 17.1 Å². The Kier molecular flexibility index (Phi) is 4.84. The number of aryl methyl sites for hydroxylation is 2. The predicted octanol–water partition coefficient (Wildman–Crippen LogP) is 3.17. The first kappa shape index (κ1) is 18.2. The van der Waals surface area contributed by atoms with Crippen LogP contribution in [0.5, 0.6) is 0 Å². The van der Waals surface area contributed by atoms with E-state index in [1.165, 1.54) is 30.5 Å². The van der Waals surface area contributed by atoms with Gasteiger partial charge in [-0.3, -0.25) is 4.79 Å². The molecule has 3 rings (SSSR count). The zero-order valence-electron chi connectivity index (χ0n) is 14.1. The average molecular weight is 390 g/mol. The molecule has 0 saturated heterocycles. The van der Waals surface area contributed by atoms with Gasteiger partial charge in [0.15, 0.2) is 0 Å². The van der Waals surface area contributed by atoms with E-state index in [1.807, 2.05) is 35.9 Å². The summed E-state index contributed by atoms with van der Waals surface area (Å²) in [5, 5.41) is 0.405. The highest BCUT2D eigenvalue weighted by Crippen LogP contribution is 2.22. The molecule has 1 heterocycles. The van der Waals surface area contributed by atoms with E-state index in [1.54, 1.807) is 11.6 Å². The minimum Gasteiger partial charge on any atom is -0.333 e. The maximum absolute atomic E-state index is 12.4. The second-order valence-corrected chi connectivity index (χ2v) is 7.88. The van der Waals surface area contributed by atoms with E-state index in [0.717, 1.165) is 11.1 Å². The van der Waals surface area contributed by atoms with E-state index >= 15 is 0 Å². The van der Waals surface area contributed by atoms with Gasteiger partial charge in [-0.25, -0.2) is 18.1 Å². The number of halogens is 1. The minimum absolute atomic E-state index is 0.0169. The highest BCUT2D eigenvalue weighted by molar-refractivity contribution is 7.90. The van der Waals surface area contributed by atoms with E-state index in [2.05, 4.69) is 4.98 Å². The van der Waals surface area contributed by atoms with Crippen LogP contribution in [0.1, 0.15) is 16.1 Å². The summed E-state index contributed by atoms with van der Waals surface area (Å²) < 4.78 is 28.4. The fraction of sp³-hybridized carbons (Fsp3) is 0.111. The SMILES string of the molecule is Cc1ccccc1-c1nc(C(=O)NS(=O)(=O)c2ccc(Cl)cc2)cn1C. The summed E-state index contributed by atoms with van der Waals surface area (Å²) in [4.78, 5) is 16.6. The number of amides is 1. The van der Waals surface area contributed by atoms with Gasteiger partial charge in [0.25, 0.3) is 15.9 Å². The smallest absolute Gasteiger partial charge is 0.285 e. The number of carbonyl (C=O) groups excluding carboxylic acids is 1. The Morgan fingerprint density at radius 1 is 1.12 bits per heavy atom. The summed E-state index contributed by atoms with van der Waals surface area (Å²) in [5.74, 6) is -0.215. The minimum atomic E-state index is -4.01. The molecule has 0 bridgehead atoms. The Morgan fingerprint density at radius 3 is 2.42 bits per heavy atom. The molecule has 1 N–H and O–H groups in total. The van der Waals surface area contributed by atoms with Crippen molar-refractivity contribution in [2.75, 3.05) is 0 Å².